The maximum absolute atomic E-state index is 6.38. The van der Waals surface area contributed by atoms with Gasteiger partial charge >= 0.3 is 0 Å². The van der Waals surface area contributed by atoms with Crippen LogP contribution in [0.1, 0.15) is 11.3 Å². The van der Waals surface area contributed by atoms with Gasteiger partial charge in [0.25, 0.3) is 0 Å². The number of H-pyrrole nitrogens is 2. The quantitative estimate of drug-likeness (QED) is 0.771. The highest BCUT2D eigenvalue weighted by Crippen LogP contribution is 2.31. The Morgan fingerprint density at radius 2 is 1.68 bits per heavy atom. The highest BCUT2D eigenvalue weighted by Gasteiger charge is 2.18. The van der Waals surface area contributed by atoms with Gasteiger partial charge in [0.1, 0.15) is 17.1 Å². The standard InChI is InChI=1S/C14H16ClN7/c1-8-12(17-20-16-8)14-13(18-21-19-14)9-4-5-10(7-22(2)3)11(15)6-9/h4-6H,7H2,1-3H3,(H,16,17,20)(H,18,19,21). The van der Waals surface area contributed by atoms with Gasteiger partial charge in [-0.3, -0.25) is 0 Å². The van der Waals surface area contributed by atoms with Gasteiger partial charge in [0.2, 0.25) is 0 Å². The number of benzene rings is 1. The van der Waals surface area contributed by atoms with Crippen molar-refractivity contribution >= 4 is 11.6 Å². The Morgan fingerprint density at radius 3 is 2.32 bits per heavy atom. The molecular formula is C14H16ClN7. The first-order valence-electron chi connectivity index (χ1n) is 6.78. The summed E-state index contributed by atoms with van der Waals surface area (Å²) >= 11 is 6.38. The zero-order valence-electron chi connectivity index (χ0n) is 12.6. The van der Waals surface area contributed by atoms with Crippen molar-refractivity contribution in [2.75, 3.05) is 14.1 Å². The van der Waals surface area contributed by atoms with Crippen molar-refractivity contribution in [2.45, 2.75) is 13.5 Å². The predicted octanol–water partition coefficient (Wildman–Crippen LogP) is 2.28. The summed E-state index contributed by atoms with van der Waals surface area (Å²) in [6, 6.07) is 5.89. The first-order valence-corrected chi connectivity index (χ1v) is 7.16. The third kappa shape index (κ3) is 2.72. The van der Waals surface area contributed by atoms with Gasteiger partial charge in [-0.2, -0.15) is 30.8 Å². The SMILES string of the molecule is Cc1n[nH]nc1-c1n[nH]nc1-c1ccc(CN(C)C)c(Cl)c1. The second-order valence-corrected chi connectivity index (χ2v) is 5.73. The molecule has 0 fully saturated rings. The molecule has 0 bridgehead atoms. The van der Waals surface area contributed by atoms with E-state index >= 15 is 0 Å². The molecule has 0 saturated carbocycles. The molecule has 114 valence electrons. The maximum Gasteiger partial charge on any atom is 0.142 e. The lowest BCUT2D eigenvalue weighted by molar-refractivity contribution is 0.402. The first-order chi connectivity index (χ1) is 10.6. The normalized spacial score (nSPS) is 11.3. The Hall–Kier alpha value is -2.25. The number of rotatable bonds is 4. The number of hydrogen-bond donors (Lipinski definition) is 2. The Labute approximate surface area is 132 Å². The summed E-state index contributed by atoms with van der Waals surface area (Å²) in [5.41, 5.74) is 4.76. The van der Waals surface area contributed by atoms with Gasteiger partial charge in [0.05, 0.1) is 5.69 Å². The number of nitrogens with zero attached hydrogens (tertiary/aromatic N) is 5. The average molecular weight is 318 g/mol. The smallest absolute Gasteiger partial charge is 0.142 e. The van der Waals surface area contributed by atoms with Crippen LogP contribution in [0.5, 0.6) is 0 Å². The third-order valence-corrected chi connectivity index (χ3v) is 3.66. The molecule has 2 aromatic heterocycles. The van der Waals surface area contributed by atoms with Crippen LogP contribution < -0.4 is 0 Å². The third-order valence-electron chi connectivity index (χ3n) is 3.31. The van der Waals surface area contributed by atoms with E-state index in [4.69, 9.17) is 11.6 Å². The van der Waals surface area contributed by atoms with Gasteiger partial charge < -0.3 is 4.90 Å². The fourth-order valence-corrected chi connectivity index (χ4v) is 2.51. The molecule has 0 amide bonds. The molecule has 2 N–H and O–H groups in total. The van der Waals surface area contributed by atoms with E-state index in [0.29, 0.717) is 22.1 Å². The van der Waals surface area contributed by atoms with E-state index < -0.39 is 0 Å². The molecular weight excluding hydrogens is 302 g/mol. The monoisotopic (exact) mass is 317 g/mol. The Balaban J connectivity index is 2.01. The summed E-state index contributed by atoms with van der Waals surface area (Å²) < 4.78 is 0. The number of aromatic amines is 2. The molecule has 2 heterocycles. The maximum atomic E-state index is 6.38. The van der Waals surface area contributed by atoms with E-state index in [0.717, 1.165) is 23.4 Å². The van der Waals surface area contributed by atoms with Crippen LogP contribution in [0.15, 0.2) is 18.2 Å². The molecule has 3 rings (SSSR count). The van der Waals surface area contributed by atoms with Gasteiger partial charge in [0.15, 0.2) is 0 Å². The minimum Gasteiger partial charge on any atom is -0.305 e. The summed E-state index contributed by atoms with van der Waals surface area (Å²) in [7, 11) is 4.01. The first kappa shape index (κ1) is 14.7. The van der Waals surface area contributed by atoms with Gasteiger partial charge in [0, 0.05) is 17.1 Å². The lowest BCUT2D eigenvalue weighted by Crippen LogP contribution is -2.10. The van der Waals surface area contributed by atoms with Crippen molar-refractivity contribution in [1.29, 1.82) is 0 Å². The van der Waals surface area contributed by atoms with Crippen LogP contribution in [-0.4, -0.2) is 49.8 Å². The molecule has 0 saturated heterocycles. The topological polar surface area (TPSA) is 86.4 Å². The zero-order chi connectivity index (χ0) is 15.7. The molecule has 0 spiro atoms. The Morgan fingerprint density at radius 1 is 1.00 bits per heavy atom. The van der Waals surface area contributed by atoms with Crippen molar-refractivity contribution in [2.24, 2.45) is 0 Å². The van der Waals surface area contributed by atoms with Crippen LogP contribution in [0, 0.1) is 6.92 Å². The molecule has 0 aliphatic heterocycles. The van der Waals surface area contributed by atoms with E-state index in [1.807, 2.05) is 39.2 Å². The predicted molar refractivity (Wildman–Crippen MR) is 84.3 cm³/mol. The van der Waals surface area contributed by atoms with Crippen molar-refractivity contribution < 1.29 is 0 Å². The van der Waals surface area contributed by atoms with E-state index in [2.05, 4.69) is 35.7 Å². The second-order valence-electron chi connectivity index (χ2n) is 5.32. The molecule has 7 nitrogen and oxygen atoms in total. The lowest BCUT2D eigenvalue weighted by atomic mass is 10.1. The summed E-state index contributed by atoms with van der Waals surface area (Å²) in [4.78, 5) is 2.07. The number of hydrogen-bond acceptors (Lipinski definition) is 5. The van der Waals surface area contributed by atoms with Gasteiger partial charge in [-0.25, -0.2) is 0 Å². The minimum absolute atomic E-state index is 0.655. The molecule has 3 aromatic rings. The highest BCUT2D eigenvalue weighted by molar-refractivity contribution is 6.31. The largest absolute Gasteiger partial charge is 0.305 e. The van der Waals surface area contributed by atoms with Crippen LogP contribution >= 0.6 is 11.6 Å². The minimum atomic E-state index is 0.655. The number of nitrogens with one attached hydrogen (secondary N) is 2. The zero-order valence-corrected chi connectivity index (χ0v) is 13.3. The van der Waals surface area contributed by atoms with Gasteiger partial charge in [-0.15, -0.1) is 0 Å². The number of aromatic nitrogens is 6. The second kappa shape index (κ2) is 5.86. The van der Waals surface area contributed by atoms with Crippen LogP contribution in [0.2, 0.25) is 5.02 Å². The molecule has 0 aliphatic rings. The van der Waals surface area contributed by atoms with E-state index in [-0.39, 0.29) is 0 Å². The highest BCUT2D eigenvalue weighted by atomic mass is 35.5. The van der Waals surface area contributed by atoms with E-state index in [1.165, 1.54) is 0 Å². The van der Waals surface area contributed by atoms with E-state index in [1.54, 1.807) is 0 Å². The summed E-state index contributed by atoms with van der Waals surface area (Å²) in [5, 5.41) is 22.5. The molecule has 8 heteroatoms. The van der Waals surface area contributed by atoms with Crippen molar-refractivity contribution in [1.82, 2.24) is 35.7 Å². The van der Waals surface area contributed by atoms with E-state index in [9.17, 15) is 0 Å². The molecule has 0 unspecified atom stereocenters. The summed E-state index contributed by atoms with van der Waals surface area (Å²) in [5.74, 6) is 0. The summed E-state index contributed by atoms with van der Waals surface area (Å²) in [6.45, 7) is 2.65. The van der Waals surface area contributed by atoms with Gasteiger partial charge in [-0.05, 0) is 32.6 Å². The molecule has 0 radical (unpaired) electrons. The van der Waals surface area contributed by atoms with Crippen LogP contribution in [0.3, 0.4) is 0 Å². The van der Waals surface area contributed by atoms with Crippen molar-refractivity contribution in [3.63, 3.8) is 0 Å². The van der Waals surface area contributed by atoms with Crippen molar-refractivity contribution in [3.05, 3.63) is 34.5 Å². The lowest BCUT2D eigenvalue weighted by Gasteiger charge is -2.11. The van der Waals surface area contributed by atoms with Gasteiger partial charge in [-0.1, -0.05) is 23.7 Å². The number of halogens is 1. The summed E-state index contributed by atoms with van der Waals surface area (Å²) in [6.07, 6.45) is 0. The molecule has 0 aliphatic carbocycles. The fraction of sp³-hybridized carbons (Fsp3) is 0.286. The average Bonchev–Trinajstić information content (AvgIpc) is 3.08. The Kier molecular flexibility index (Phi) is 3.91. The van der Waals surface area contributed by atoms with Crippen LogP contribution in [0.25, 0.3) is 22.6 Å². The van der Waals surface area contributed by atoms with Crippen LogP contribution in [-0.2, 0) is 6.54 Å². The molecule has 0 atom stereocenters. The Bertz CT molecular complexity index is 790. The van der Waals surface area contributed by atoms with Crippen molar-refractivity contribution in [3.8, 4) is 22.6 Å². The molecule has 1 aromatic carbocycles. The van der Waals surface area contributed by atoms with Crippen LogP contribution in [0.4, 0.5) is 0 Å². The fourth-order valence-electron chi connectivity index (χ4n) is 2.27. The molecule has 22 heavy (non-hydrogen) atoms. The number of aryl methyl sites for hydroxylation is 1.